The normalized spacial score (nSPS) is 10.9. The molecule has 3 rings (SSSR count). The number of nitrogens with one attached hydrogen (secondary N) is 1. The number of carbonyl (C=O) groups excluding carboxylic acids is 1. The first-order valence-electron chi connectivity index (χ1n) is 8.75. The highest BCUT2D eigenvalue weighted by Crippen LogP contribution is 2.14. The van der Waals surface area contributed by atoms with Gasteiger partial charge >= 0.3 is 6.61 Å². The van der Waals surface area contributed by atoms with Crippen LogP contribution in [0.3, 0.4) is 0 Å². The van der Waals surface area contributed by atoms with E-state index in [1.54, 1.807) is 24.3 Å². The molecule has 0 saturated heterocycles. The summed E-state index contributed by atoms with van der Waals surface area (Å²) in [5.74, 6) is 0.462. The van der Waals surface area contributed by atoms with Crippen molar-refractivity contribution < 1.29 is 23.0 Å². The molecule has 5 nitrogen and oxygen atoms in total. The number of rotatable bonds is 8. The summed E-state index contributed by atoms with van der Waals surface area (Å²) in [4.78, 5) is 12.1. The molecule has 29 heavy (non-hydrogen) atoms. The van der Waals surface area contributed by atoms with Gasteiger partial charge in [-0.25, -0.2) is 5.43 Å². The van der Waals surface area contributed by atoms with Crippen LogP contribution in [0.5, 0.6) is 11.5 Å². The Labute approximate surface area is 166 Å². The van der Waals surface area contributed by atoms with E-state index >= 15 is 0 Å². The summed E-state index contributed by atoms with van der Waals surface area (Å²) in [5.41, 5.74) is 4.43. The first-order chi connectivity index (χ1) is 14.1. The van der Waals surface area contributed by atoms with Gasteiger partial charge in [0.1, 0.15) is 18.1 Å². The summed E-state index contributed by atoms with van der Waals surface area (Å²) in [6, 6.07) is 22.3. The third kappa shape index (κ3) is 6.42. The Kier molecular flexibility index (Phi) is 6.89. The van der Waals surface area contributed by atoms with E-state index in [-0.39, 0.29) is 11.7 Å². The van der Waals surface area contributed by atoms with Crippen molar-refractivity contribution in [3.05, 3.63) is 95.6 Å². The highest BCUT2D eigenvalue weighted by atomic mass is 19.3. The van der Waals surface area contributed by atoms with E-state index in [0.717, 1.165) is 11.3 Å². The second-order valence-corrected chi connectivity index (χ2v) is 5.95. The molecule has 0 heterocycles. The van der Waals surface area contributed by atoms with Crippen molar-refractivity contribution in [2.24, 2.45) is 5.10 Å². The van der Waals surface area contributed by atoms with E-state index in [9.17, 15) is 13.6 Å². The number of hydrogen-bond donors (Lipinski definition) is 1. The van der Waals surface area contributed by atoms with Crippen LogP contribution in [0.2, 0.25) is 0 Å². The summed E-state index contributed by atoms with van der Waals surface area (Å²) in [6.07, 6.45) is 1.41. The van der Waals surface area contributed by atoms with Crippen molar-refractivity contribution in [3.8, 4) is 11.5 Å². The zero-order valence-electron chi connectivity index (χ0n) is 15.3. The fourth-order valence-electron chi connectivity index (χ4n) is 2.40. The van der Waals surface area contributed by atoms with E-state index in [1.807, 2.05) is 42.5 Å². The van der Waals surface area contributed by atoms with Crippen LogP contribution in [0.4, 0.5) is 8.78 Å². The van der Waals surface area contributed by atoms with Crippen molar-refractivity contribution in [1.29, 1.82) is 0 Å². The third-order valence-electron chi connectivity index (χ3n) is 3.85. The average Bonchev–Trinajstić information content (AvgIpc) is 2.74. The van der Waals surface area contributed by atoms with Gasteiger partial charge in [0.15, 0.2) is 0 Å². The van der Waals surface area contributed by atoms with Crippen LogP contribution in [-0.2, 0) is 6.61 Å². The second kappa shape index (κ2) is 9.98. The number of hydrogen-bond acceptors (Lipinski definition) is 4. The molecule has 0 fully saturated rings. The molecule has 0 radical (unpaired) electrons. The Bertz CT molecular complexity index is 944. The lowest BCUT2D eigenvalue weighted by Crippen LogP contribution is -2.17. The lowest BCUT2D eigenvalue weighted by molar-refractivity contribution is -0.0498. The van der Waals surface area contributed by atoms with Crippen LogP contribution in [0.25, 0.3) is 0 Å². The number of carbonyl (C=O) groups is 1. The van der Waals surface area contributed by atoms with Gasteiger partial charge in [-0.05, 0) is 59.7 Å². The first kappa shape index (κ1) is 20.0. The summed E-state index contributed by atoms with van der Waals surface area (Å²) < 4.78 is 34.2. The molecule has 1 N–H and O–H groups in total. The Balaban J connectivity index is 1.49. The standard InChI is InChI=1S/C22H18F2N2O3/c23-22(24)29-20-12-8-16(9-13-20)14-25-26-21(27)18-10-6-17(7-11-18)15-28-19-4-2-1-3-5-19/h1-14,22H,15H2,(H,26,27)/b25-14-. The molecule has 7 heteroatoms. The molecule has 0 bridgehead atoms. The van der Waals surface area contributed by atoms with Gasteiger partial charge in [-0.15, -0.1) is 0 Å². The van der Waals surface area contributed by atoms with Crippen LogP contribution in [-0.4, -0.2) is 18.7 Å². The SMILES string of the molecule is O=C(N/N=C\c1ccc(OC(F)F)cc1)c1ccc(COc2ccccc2)cc1. The number of amides is 1. The summed E-state index contributed by atoms with van der Waals surface area (Å²) in [7, 11) is 0. The molecule has 0 spiro atoms. The highest BCUT2D eigenvalue weighted by molar-refractivity contribution is 5.94. The zero-order chi connectivity index (χ0) is 20.5. The smallest absolute Gasteiger partial charge is 0.387 e. The van der Waals surface area contributed by atoms with E-state index < -0.39 is 6.61 Å². The Morgan fingerprint density at radius 2 is 1.62 bits per heavy atom. The topological polar surface area (TPSA) is 59.9 Å². The number of alkyl halides is 2. The molecule has 0 atom stereocenters. The summed E-state index contributed by atoms with van der Waals surface area (Å²) in [5, 5.41) is 3.87. The highest BCUT2D eigenvalue weighted by Gasteiger charge is 2.05. The molecule has 0 aliphatic carbocycles. The van der Waals surface area contributed by atoms with Gasteiger partial charge in [0.2, 0.25) is 0 Å². The van der Waals surface area contributed by atoms with Gasteiger partial charge in [-0.1, -0.05) is 30.3 Å². The third-order valence-corrected chi connectivity index (χ3v) is 3.85. The van der Waals surface area contributed by atoms with Crippen LogP contribution < -0.4 is 14.9 Å². The van der Waals surface area contributed by atoms with Crippen molar-refractivity contribution >= 4 is 12.1 Å². The summed E-state index contributed by atoms with van der Waals surface area (Å²) >= 11 is 0. The molecule has 3 aromatic carbocycles. The van der Waals surface area contributed by atoms with Crippen molar-refractivity contribution in [1.82, 2.24) is 5.43 Å². The lowest BCUT2D eigenvalue weighted by atomic mass is 10.1. The van der Waals surface area contributed by atoms with Crippen LogP contribution in [0.15, 0.2) is 84.0 Å². The Morgan fingerprint density at radius 3 is 2.28 bits per heavy atom. The van der Waals surface area contributed by atoms with Gasteiger partial charge in [0.25, 0.3) is 5.91 Å². The maximum atomic E-state index is 12.1. The lowest BCUT2D eigenvalue weighted by Gasteiger charge is -2.06. The number of halogens is 2. The molecule has 148 valence electrons. The Morgan fingerprint density at radius 1 is 0.931 bits per heavy atom. The Hall–Kier alpha value is -3.74. The average molecular weight is 396 g/mol. The van der Waals surface area contributed by atoms with Crippen LogP contribution >= 0.6 is 0 Å². The molecule has 0 aliphatic heterocycles. The molecular weight excluding hydrogens is 378 g/mol. The molecule has 0 unspecified atom stereocenters. The minimum atomic E-state index is -2.87. The monoisotopic (exact) mass is 396 g/mol. The van der Waals surface area contributed by atoms with Crippen molar-refractivity contribution in [2.45, 2.75) is 13.2 Å². The van der Waals surface area contributed by atoms with E-state index in [1.165, 1.54) is 18.3 Å². The van der Waals surface area contributed by atoms with E-state index in [4.69, 9.17) is 4.74 Å². The van der Waals surface area contributed by atoms with Crippen LogP contribution in [0, 0.1) is 0 Å². The quantitative estimate of drug-likeness (QED) is 0.446. The number of hydrazone groups is 1. The molecule has 0 saturated carbocycles. The van der Waals surface area contributed by atoms with Crippen molar-refractivity contribution in [2.75, 3.05) is 0 Å². The maximum absolute atomic E-state index is 12.1. The number of para-hydroxylation sites is 1. The van der Waals surface area contributed by atoms with Gasteiger partial charge in [-0.3, -0.25) is 4.79 Å². The first-order valence-corrected chi connectivity index (χ1v) is 8.75. The zero-order valence-corrected chi connectivity index (χ0v) is 15.3. The fourth-order valence-corrected chi connectivity index (χ4v) is 2.40. The molecule has 1 amide bonds. The number of nitrogens with zero attached hydrogens (tertiary/aromatic N) is 1. The molecule has 3 aromatic rings. The van der Waals surface area contributed by atoms with E-state index in [0.29, 0.717) is 17.7 Å². The minimum absolute atomic E-state index is 0.0533. The minimum Gasteiger partial charge on any atom is -0.489 e. The number of benzene rings is 3. The number of ether oxygens (including phenoxy) is 2. The summed E-state index contributed by atoms with van der Waals surface area (Å²) in [6.45, 7) is -2.47. The van der Waals surface area contributed by atoms with Gasteiger partial charge in [-0.2, -0.15) is 13.9 Å². The molecule has 0 aliphatic rings. The largest absolute Gasteiger partial charge is 0.489 e. The van der Waals surface area contributed by atoms with Crippen molar-refractivity contribution in [3.63, 3.8) is 0 Å². The maximum Gasteiger partial charge on any atom is 0.387 e. The van der Waals surface area contributed by atoms with Crippen LogP contribution in [0.1, 0.15) is 21.5 Å². The molecule has 0 aromatic heterocycles. The fraction of sp³-hybridized carbons (Fsp3) is 0.0909. The van der Waals surface area contributed by atoms with Gasteiger partial charge < -0.3 is 9.47 Å². The van der Waals surface area contributed by atoms with Gasteiger partial charge in [0, 0.05) is 5.56 Å². The second-order valence-electron chi connectivity index (χ2n) is 5.95. The molecular formula is C22H18F2N2O3. The predicted octanol–water partition coefficient (Wildman–Crippen LogP) is 4.63. The van der Waals surface area contributed by atoms with E-state index in [2.05, 4.69) is 15.3 Å². The predicted molar refractivity (Wildman–Crippen MR) is 105 cm³/mol. The van der Waals surface area contributed by atoms with Gasteiger partial charge in [0.05, 0.1) is 6.21 Å².